The van der Waals surface area contributed by atoms with Crippen molar-refractivity contribution in [3.05, 3.63) is 33.8 Å². The molecule has 1 heterocycles. The van der Waals surface area contributed by atoms with Crippen molar-refractivity contribution in [3.8, 4) is 0 Å². The minimum Gasteiger partial charge on any atom is -0.352 e. The van der Waals surface area contributed by atoms with Gasteiger partial charge in [0.1, 0.15) is 0 Å². The monoisotopic (exact) mass is 329 g/mol. The van der Waals surface area contributed by atoms with Gasteiger partial charge in [0.25, 0.3) is 5.91 Å². The lowest BCUT2D eigenvalue weighted by molar-refractivity contribution is -0.928. The molecule has 1 fully saturated rings. The van der Waals surface area contributed by atoms with E-state index in [1.54, 1.807) is 23.1 Å². The first-order valence-electron chi connectivity index (χ1n) is 7.66. The zero-order valence-corrected chi connectivity index (χ0v) is 13.9. The fraction of sp³-hybridized carbons (Fsp3) is 0.562. The first kappa shape index (κ1) is 16.6. The lowest BCUT2D eigenvalue weighted by Gasteiger charge is -2.30. The molecule has 1 aliphatic rings. The third-order valence-corrected chi connectivity index (χ3v) is 4.96. The van der Waals surface area contributed by atoms with E-state index in [2.05, 4.69) is 12.2 Å². The van der Waals surface area contributed by atoms with Crippen molar-refractivity contribution in [3.63, 3.8) is 0 Å². The molecule has 2 N–H and O–H groups in total. The highest BCUT2D eigenvalue weighted by atomic mass is 35.5. The van der Waals surface area contributed by atoms with Gasteiger partial charge in [-0.3, -0.25) is 4.79 Å². The summed E-state index contributed by atoms with van der Waals surface area (Å²) in [6.45, 7) is 5.42. The lowest BCUT2D eigenvalue weighted by Crippen LogP contribution is -3.16. The van der Waals surface area contributed by atoms with Gasteiger partial charge in [0.2, 0.25) is 0 Å². The van der Waals surface area contributed by atoms with Gasteiger partial charge in [-0.25, -0.2) is 0 Å². The molecule has 0 saturated carbocycles. The van der Waals surface area contributed by atoms with Crippen LogP contribution in [0, 0.1) is 0 Å². The van der Waals surface area contributed by atoms with Gasteiger partial charge in [0.15, 0.2) is 0 Å². The molecule has 1 saturated heterocycles. The highest BCUT2D eigenvalue weighted by Gasteiger charge is 2.20. The Labute approximate surface area is 136 Å². The summed E-state index contributed by atoms with van der Waals surface area (Å²) >= 11 is 11.8. The van der Waals surface area contributed by atoms with E-state index in [9.17, 15) is 4.79 Å². The number of likely N-dealkylation sites (tertiary alicyclic amines) is 1. The average molecular weight is 330 g/mol. The third-order valence-electron chi connectivity index (χ3n) is 4.22. The van der Waals surface area contributed by atoms with Crippen LogP contribution in [0.1, 0.15) is 43.0 Å². The molecule has 1 unspecified atom stereocenters. The number of quaternary nitrogens is 1. The summed E-state index contributed by atoms with van der Waals surface area (Å²) in [5.74, 6) is -0.0877. The standard InChI is InChI=1S/C16H22Cl2N2O/c1-12-5-2-3-9-20(12)10-4-8-19-16(21)13-6-7-14(17)15(18)11-13/h6-7,11-12H,2-5,8-10H2,1H3,(H,19,21)/p+1/t12-/m0/s1. The smallest absolute Gasteiger partial charge is 0.251 e. The van der Waals surface area contributed by atoms with Gasteiger partial charge >= 0.3 is 0 Å². The molecule has 0 spiro atoms. The molecule has 1 aromatic rings. The molecule has 116 valence electrons. The summed E-state index contributed by atoms with van der Waals surface area (Å²) in [6, 6.07) is 5.71. The summed E-state index contributed by atoms with van der Waals surface area (Å²) in [5, 5.41) is 3.83. The Kier molecular flexibility index (Phi) is 6.34. The van der Waals surface area contributed by atoms with Crippen LogP contribution in [-0.2, 0) is 0 Å². The van der Waals surface area contributed by atoms with Crippen molar-refractivity contribution in [2.45, 2.75) is 38.6 Å². The predicted octanol–water partition coefficient (Wildman–Crippen LogP) is 2.57. The summed E-state index contributed by atoms with van der Waals surface area (Å²) in [6.07, 6.45) is 5.02. The molecule has 21 heavy (non-hydrogen) atoms. The molecule has 0 bridgehead atoms. The molecule has 0 radical (unpaired) electrons. The summed E-state index contributed by atoms with van der Waals surface area (Å²) in [4.78, 5) is 13.7. The zero-order valence-electron chi connectivity index (χ0n) is 12.4. The van der Waals surface area contributed by atoms with Crippen LogP contribution >= 0.6 is 23.2 Å². The molecule has 1 amide bonds. The van der Waals surface area contributed by atoms with Crippen LogP contribution in [0.5, 0.6) is 0 Å². The summed E-state index contributed by atoms with van der Waals surface area (Å²) < 4.78 is 0. The van der Waals surface area contributed by atoms with Crippen LogP contribution in [0.4, 0.5) is 0 Å². The Morgan fingerprint density at radius 1 is 1.33 bits per heavy atom. The highest BCUT2D eigenvalue weighted by Crippen LogP contribution is 2.22. The van der Waals surface area contributed by atoms with Gasteiger partial charge < -0.3 is 10.2 Å². The molecule has 5 heteroatoms. The minimum atomic E-state index is -0.0877. The summed E-state index contributed by atoms with van der Waals surface area (Å²) in [5.41, 5.74) is 0.558. The maximum Gasteiger partial charge on any atom is 0.251 e. The largest absolute Gasteiger partial charge is 0.352 e. The predicted molar refractivity (Wildman–Crippen MR) is 87.4 cm³/mol. The zero-order chi connectivity index (χ0) is 15.2. The van der Waals surface area contributed by atoms with Crippen LogP contribution in [0.2, 0.25) is 10.0 Å². The van der Waals surface area contributed by atoms with E-state index in [4.69, 9.17) is 23.2 Å². The van der Waals surface area contributed by atoms with E-state index in [0.29, 0.717) is 22.2 Å². The van der Waals surface area contributed by atoms with Crippen LogP contribution in [0.3, 0.4) is 0 Å². The number of carbonyl (C=O) groups is 1. The van der Waals surface area contributed by atoms with Crippen molar-refractivity contribution < 1.29 is 9.69 Å². The van der Waals surface area contributed by atoms with E-state index in [1.807, 2.05) is 0 Å². The molecule has 1 aromatic carbocycles. The highest BCUT2D eigenvalue weighted by molar-refractivity contribution is 6.42. The topological polar surface area (TPSA) is 33.5 Å². The van der Waals surface area contributed by atoms with Crippen molar-refractivity contribution >= 4 is 29.1 Å². The molecule has 3 nitrogen and oxygen atoms in total. The Balaban J connectivity index is 1.72. The van der Waals surface area contributed by atoms with Crippen LogP contribution in [0.15, 0.2) is 18.2 Å². The third kappa shape index (κ3) is 4.87. The Hall–Kier alpha value is -0.770. The molecule has 2 rings (SSSR count). The van der Waals surface area contributed by atoms with Gasteiger partial charge in [0.05, 0.1) is 29.2 Å². The van der Waals surface area contributed by atoms with Crippen molar-refractivity contribution in [1.29, 1.82) is 0 Å². The van der Waals surface area contributed by atoms with Crippen LogP contribution in [0.25, 0.3) is 0 Å². The molecular weight excluding hydrogens is 307 g/mol. The first-order chi connectivity index (χ1) is 10.1. The van der Waals surface area contributed by atoms with Crippen molar-refractivity contribution in [2.75, 3.05) is 19.6 Å². The summed E-state index contributed by atoms with van der Waals surface area (Å²) in [7, 11) is 0. The number of benzene rings is 1. The molecule has 0 aromatic heterocycles. The number of amides is 1. The second-order valence-electron chi connectivity index (χ2n) is 5.79. The Morgan fingerprint density at radius 2 is 2.14 bits per heavy atom. The van der Waals surface area contributed by atoms with E-state index >= 15 is 0 Å². The molecule has 0 aliphatic carbocycles. The fourth-order valence-corrected chi connectivity index (χ4v) is 3.18. The average Bonchev–Trinajstić information content (AvgIpc) is 2.48. The van der Waals surface area contributed by atoms with Crippen LogP contribution in [-0.4, -0.2) is 31.6 Å². The van der Waals surface area contributed by atoms with E-state index in [0.717, 1.165) is 19.0 Å². The van der Waals surface area contributed by atoms with Gasteiger partial charge in [-0.05, 0) is 44.4 Å². The van der Waals surface area contributed by atoms with Gasteiger partial charge in [-0.1, -0.05) is 23.2 Å². The van der Waals surface area contributed by atoms with Crippen molar-refractivity contribution in [2.24, 2.45) is 0 Å². The number of rotatable bonds is 5. The second kappa shape index (κ2) is 8.02. The number of hydrogen-bond acceptors (Lipinski definition) is 1. The number of piperidine rings is 1. The van der Waals surface area contributed by atoms with Crippen LogP contribution < -0.4 is 10.2 Å². The van der Waals surface area contributed by atoms with Gasteiger partial charge in [0, 0.05) is 18.5 Å². The Bertz CT molecular complexity index is 493. The number of carbonyl (C=O) groups excluding carboxylic acids is 1. The second-order valence-corrected chi connectivity index (χ2v) is 6.61. The minimum absolute atomic E-state index is 0.0877. The maximum absolute atomic E-state index is 12.0. The van der Waals surface area contributed by atoms with Crippen molar-refractivity contribution in [1.82, 2.24) is 5.32 Å². The lowest BCUT2D eigenvalue weighted by atomic mass is 10.0. The van der Waals surface area contributed by atoms with E-state index in [1.165, 1.54) is 25.8 Å². The molecular formula is C16H23Cl2N2O+. The first-order valence-corrected chi connectivity index (χ1v) is 8.41. The van der Waals surface area contributed by atoms with E-state index in [-0.39, 0.29) is 5.91 Å². The SMILES string of the molecule is C[C@H]1CCCC[NH+]1CCCNC(=O)c1ccc(Cl)c(Cl)c1. The molecule has 1 aliphatic heterocycles. The number of nitrogens with one attached hydrogen (secondary N) is 2. The quantitative estimate of drug-likeness (QED) is 0.800. The Morgan fingerprint density at radius 3 is 2.86 bits per heavy atom. The fourth-order valence-electron chi connectivity index (χ4n) is 2.88. The number of halogens is 2. The normalized spacial score (nSPS) is 22.0. The van der Waals surface area contributed by atoms with Gasteiger partial charge in [-0.2, -0.15) is 0 Å². The molecule has 2 atom stereocenters. The maximum atomic E-state index is 12.0. The van der Waals surface area contributed by atoms with E-state index < -0.39 is 0 Å². The van der Waals surface area contributed by atoms with Gasteiger partial charge in [-0.15, -0.1) is 0 Å². The number of hydrogen-bond donors (Lipinski definition) is 2.